The predicted octanol–water partition coefficient (Wildman–Crippen LogP) is 4.13. The normalized spacial score (nSPS) is 10.4. The van der Waals surface area contributed by atoms with Gasteiger partial charge in [0.25, 0.3) is 0 Å². The van der Waals surface area contributed by atoms with Gasteiger partial charge in [0.15, 0.2) is 0 Å². The number of ether oxygens (including phenoxy) is 1. The van der Waals surface area contributed by atoms with E-state index >= 15 is 0 Å². The second kappa shape index (κ2) is 5.61. The Morgan fingerprint density at radius 1 is 1.06 bits per heavy atom. The number of nitrogens with two attached hydrogens (primary N) is 1. The van der Waals surface area contributed by atoms with Crippen molar-refractivity contribution in [3.8, 4) is 16.9 Å². The van der Waals surface area contributed by atoms with Crippen LogP contribution in [0.5, 0.6) is 5.75 Å². The number of rotatable bonds is 3. The zero-order valence-electron chi connectivity index (χ0n) is 9.91. The van der Waals surface area contributed by atoms with Crippen LogP contribution in [0.3, 0.4) is 0 Å². The van der Waals surface area contributed by atoms with Crippen molar-refractivity contribution in [2.75, 3.05) is 7.11 Å². The van der Waals surface area contributed by atoms with Crippen LogP contribution >= 0.6 is 23.2 Å². The van der Waals surface area contributed by atoms with Crippen LogP contribution in [0, 0.1) is 0 Å². The van der Waals surface area contributed by atoms with Crippen LogP contribution in [-0.2, 0) is 6.54 Å². The van der Waals surface area contributed by atoms with Gasteiger partial charge >= 0.3 is 0 Å². The van der Waals surface area contributed by atoms with Gasteiger partial charge in [-0.1, -0.05) is 47.5 Å². The third-order valence-electron chi connectivity index (χ3n) is 2.77. The highest BCUT2D eigenvalue weighted by Crippen LogP contribution is 2.37. The number of benzene rings is 2. The molecule has 0 bridgehead atoms. The highest BCUT2D eigenvalue weighted by Gasteiger charge is 2.11. The van der Waals surface area contributed by atoms with E-state index in [-0.39, 0.29) is 0 Å². The van der Waals surface area contributed by atoms with E-state index in [4.69, 9.17) is 33.7 Å². The molecule has 0 spiro atoms. The molecule has 2 N–H and O–H groups in total. The Hall–Kier alpha value is -1.22. The van der Waals surface area contributed by atoms with Gasteiger partial charge in [0, 0.05) is 18.2 Å². The van der Waals surface area contributed by atoms with Crippen LogP contribution in [0.15, 0.2) is 36.4 Å². The summed E-state index contributed by atoms with van der Waals surface area (Å²) in [5.41, 5.74) is 8.62. The minimum absolute atomic E-state index is 0.455. The molecule has 2 nitrogen and oxygen atoms in total. The van der Waals surface area contributed by atoms with Gasteiger partial charge in [0.05, 0.1) is 17.2 Å². The van der Waals surface area contributed by atoms with Crippen molar-refractivity contribution in [3.05, 3.63) is 52.0 Å². The van der Waals surface area contributed by atoms with E-state index in [0.29, 0.717) is 22.3 Å². The molecule has 0 saturated heterocycles. The molecule has 0 amide bonds. The molecule has 94 valence electrons. The summed E-state index contributed by atoms with van der Waals surface area (Å²) in [6, 6.07) is 11.4. The molecule has 0 unspecified atom stereocenters. The van der Waals surface area contributed by atoms with Gasteiger partial charge in [-0.25, -0.2) is 0 Å². The van der Waals surface area contributed by atoms with E-state index in [0.717, 1.165) is 16.7 Å². The van der Waals surface area contributed by atoms with Gasteiger partial charge in [-0.2, -0.15) is 0 Å². The quantitative estimate of drug-likeness (QED) is 0.918. The third-order valence-corrected chi connectivity index (χ3v) is 3.38. The molecule has 0 heterocycles. The SMILES string of the molecule is COc1cc(Cl)c(-c2ccccc2CN)cc1Cl. The fourth-order valence-electron chi connectivity index (χ4n) is 1.85. The summed E-state index contributed by atoms with van der Waals surface area (Å²) in [6.07, 6.45) is 0. The number of halogens is 2. The summed E-state index contributed by atoms with van der Waals surface area (Å²) < 4.78 is 5.13. The Morgan fingerprint density at radius 3 is 2.44 bits per heavy atom. The number of hydrogen-bond donors (Lipinski definition) is 1. The van der Waals surface area contributed by atoms with Crippen LogP contribution in [-0.4, -0.2) is 7.11 Å². The molecular formula is C14H13Cl2NO. The first-order chi connectivity index (χ1) is 8.67. The van der Waals surface area contributed by atoms with Crippen LogP contribution < -0.4 is 10.5 Å². The molecule has 0 saturated carbocycles. The molecule has 0 aliphatic carbocycles. The van der Waals surface area contributed by atoms with Crippen LogP contribution in [0.1, 0.15) is 5.56 Å². The molecule has 0 atom stereocenters. The minimum Gasteiger partial charge on any atom is -0.495 e. The zero-order valence-corrected chi connectivity index (χ0v) is 11.4. The molecule has 0 fully saturated rings. The predicted molar refractivity (Wildman–Crippen MR) is 76.3 cm³/mol. The lowest BCUT2D eigenvalue weighted by atomic mass is 9.99. The lowest BCUT2D eigenvalue weighted by Gasteiger charge is -2.12. The van der Waals surface area contributed by atoms with Gasteiger partial charge < -0.3 is 10.5 Å². The van der Waals surface area contributed by atoms with Gasteiger partial charge in [-0.15, -0.1) is 0 Å². The molecule has 18 heavy (non-hydrogen) atoms. The Bertz CT molecular complexity index is 570. The molecule has 2 aromatic carbocycles. The highest BCUT2D eigenvalue weighted by atomic mass is 35.5. The van der Waals surface area contributed by atoms with Gasteiger partial charge in [-0.3, -0.25) is 0 Å². The molecule has 0 radical (unpaired) electrons. The standard InChI is InChI=1S/C14H13Cl2NO/c1-18-14-7-12(15)11(6-13(14)16)10-5-3-2-4-9(10)8-17/h2-7H,8,17H2,1H3. The molecule has 0 aliphatic rings. The number of hydrogen-bond acceptors (Lipinski definition) is 2. The second-order valence-electron chi connectivity index (χ2n) is 3.83. The summed E-state index contributed by atoms with van der Waals surface area (Å²) in [7, 11) is 1.56. The van der Waals surface area contributed by atoms with E-state index in [1.54, 1.807) is 19.2 Å². The van der Waals surface area contributed by atoms with E-state index in [9.17, 15) is 0 Å². The Kier molecular flexibility index (Phi) is 4.12. The van der Waals surface area contributed by atoms with Crippen LogP contribution in [0.4, 0.5) is 0 Å². The van der Waals surface area contributed by atoms with Gasteiger partial charge in [0.1, 0.15) is 5.75 Å². The average molecular weight is 282 g/mol. The van der Waals surface area contributed by atoms with E-state index in [2.05, 4.69) is 0 Å². The molecule has 2 rings (SSSR count). The summed E-state index contributed by atoms with van der Waals surface area (Å²) in [5.74, 6) is 0.565. The van der Waals surface area contributed by atoms with E-state index in [1.165, 1.54) is 0 Å². The van der Waals surface area contributed by atoms with Crippen molar-refractivity contribution >= 4 is 23.2 Å². The Morgan fingerprint density at radius 2 is 1.78 bits per heavy atom. The largest absolute Gasteiger partial charge is 0.495 e. The summed E-state index contributed by atoms with van der Waals surface area (Å²) >= 11 is 12.4. The Labute approximate surface area is 116 Å². The molecule has 2 aromatic rings. The smallest absolute Gasteiger partial charge is 0.138 e. The van der Waals surface area contributed by atoms with E-state index < -0.39 is 0 Å². The summed E-state index contributed by atoms with van der Waals surface area (Å²) in [6.45, 7) is 0.455. The molecule has 4 heteroatoms. The van der Waals surface area contributed by atoms with Crippen molar-refractivity contribution in [1.29, 1.82) is 0 Å². The number of methoxy groups -OCH3 is 1. The first-order valence-corrected chi connectivity index (χ1v) is 6.24. The lowest BCUT2D eigenvalue weighted by molar-refractivity contribution is 0.415. The fourth-order valence-corrected chi connectivity index (χ4v) is 2.35. The third kappa shape index (κ3) is 2.46. The van der Waals surface area contributed by atoms with Crippen molar-refractivity contribution in [3.63, 3.8) is 0 Å². The fraction of sp³-hybridized carbons (Fsp3) is 0.143. The van der Waals surface area contributed by atoms with Gasteiger partial charge in [0.2, 0.25) is 0 Å². The topological polar surface area (TPSA) is 35.2 Å². The maximum atomic E-state index is 6.26. The van der Waals surface area contributed by atoms with Crippen LogP contribution in [0.25, 0.3) is 11.1 Å². The second-order valence-corrected chi connectivity index (χ2v) is 4.64. The van der Waals surface area contributed by atoms with Crippen molar-refractivity contribution in [2.24, 2.45) is 5.73 Å². The highest BCUT2D eigenvalue weighted by molar-refractivity contribution is 6.36. The first-order valence-electron chi connectivity index (χ1n) is 5.48. The maximum absolute atomic E-state index is 6.26. The summed E-state index contributed by atoms with van der Waals surface area (Å²) in [5, 5.41) is 1.13. The maximum Gasteiger partial charge on any atom is 0.138 e. The van der Waals surface area contributed by atoms with E-state index in [1.807, 2.05) is 24.3 Å². The lowest BCUT2D eigenvalue weighted by Crippen LogP contribution is -1.99. The molecular weight excluding hydrogens is 269 g/mol. The zero-order chi connectivity index (χ0) is 13.1. The van der Waals surface area contributed by atoms with Gasteiger partial charge in [-0.05, 0) is 17.2 Å². The van der Waals surface area contributed by atoms with Crippen molar-refractivity contribution in [1.82, 2.24) is 0 Å². The van der Waals surface area contributed by atoms with Crippen LogP contribution in [0.2, 0.25) is 10.0 Å². The average Bonchev–Trinajstić information content (AvgIpc) is 2.41. The Balaban J connectivity index is 2.61. The first kappa shape index (κ1) is 13.2. The summed E-state index contributed by atoms with van der Waals surface area (Å²) in [4.78, 5) is 0. The molecule has 0 aliphatic heterocycles. The monoisotopic (exact) mass is 281 g/mol. The van der Waals surface area contributed by atoms with Crippen molar-refractivity contribution < 1.29 is 4.74 Å². The molecule has 0 aromatic heterocycles. The van der Waals surface area contributed by atoms with Crippen molar-refractivity contribution in [2.45, 2.75) is 6.54 Å². The minimum atomic E-state index is 0.455.